The Kier molecular flexibility index (Phi) is 7.79. The van der Waals surface area contributed by atoms with Crippen molar-refractivity contribution < 1.29 is 22.0 Å². The highest BCUT2D eigenvalue weighted by molar-refractivity contribution is 7.89. The van der Waals surface area contributed by atoms with Crippen molar-refractivity contribution >= 4 is 42.6 Å². The van der Waals surface area contributed by atoms with Gasteiger partial charge in [-0.15, -0.1) is 0 Å². The zero-order chi connectivity index (χ0) is 27.7. The molecule has 1 fully saturated rings. The predicted octanol–water partition coefficient (Wildman–Crippen LogP) is 5.30. The molecule has 0 radical (unpaired) electrons. The lowest BCUT2D eigenvalue weighted by Crippen LogP contribution is -2.34. The first-order valence-corrected chi connectivity index (χ1v) is 15.1. The molecular weight excluding hydrogens is 544 g/mol. The second-order valence-electron chi connectivity index (χ2n) is 9.68. The van der Waals surface area contributed by atoms with Gasteiger partial charge in [-0.25, -0.2) is 22.2 Å². The van der Waals surface area contributed by atoms with Crippen molar-refractivity contribution in [1.82, 2.24) is 19.1 Å². The molecule has 8 nitrogen and oxygen atoms in total. The second-order valence-corrected chi connectivity index (χ2v) is 12.6. The molecule has 206 valence electrons. The Bertz CT molecular complexity index is 1610. The van der Waals surface area contributed by atoms with Crippen molar-refractivity contribution in [3.63, 3.8) is 0 Å². The van der Waals surface area contributed by atoms with Crippen molar-refractivity contribution in [2.45, 2.75) is 51.0 Å². The van der Waals surface area contributed by atoms with Gasteiger partial charge < -0.3 is 0 Å². The number of carbonyl (C=O) groups is 1. The van der Waals surface area contributed by atoms with Gasteiger partial charge in [-0.2, -0.15) is 9.40 Å². The zero-order valence-electron chi connectivity index (χ0n) is 21.7. The normalized spacial score (nSPS) is 15.0. The van der Waals surface area contributed by atoms with Crippen LogP contribution in [0.3, 0.4) is 0 Å². The van der Waals surface area contributed by atoms with Crippen molar-refractivity contribution in [2.24, 2.45) is 0 Å². The molecule has 0 atom stereocenters. The molecule has 1 aliphatic heterocycles. The lowest BCUT2D eigenvalue weighted by atomic mass is 10.2. The van der Waals surface area contributed by atoms with Crippen LogP contribution < -0.4 is 4.90 Å². The van der Waals surface area contributed by atoms with Crippen LogP contribution >= 0.6 is 11.3 Å². The number of halogens is 2. The summed E-state index contributed by atoms with van der Waals surface area (Å²) in [5, 5.41) is 4.66. The fourth-order valence-electron chi connectivity index (χ4n) is 4.80. The minimum absolute atomic E-state index is 0.0146. The Morgan fingerprint density at radius 3 is 2.36 bits per heavy atom. The third-order valence-electron chi connectivity index (χ3n) is 6.82. The van der Waals surface area contributed by atoms with Crippen LogP contribution in [0.25, 0.3) is 10.2 Å². The van der Waals surface area contributed by atoms with Crippen molar-refractivity contribution in [3.05, 3.63) is 71.1 Å². The molecule has 1 amide bonds. The molecule has 0 bridgehead atoms. The first-order chi connectivity index (χ1) is 18.6. The Morgan fingerprint density at radius 2 is 1.72 bits per heavy atom. The van der Waals surface area contributed by atoms with Gasteiger partial charge in [0.1, 0.15) is 11.3 Å². The summed E-state index contributed by atoms with van der Waals surface area (Å²) in [6.07, 6.45) is 3.67. The van der Waals surface area contributed by atoms with Gasteiger partial charge in [0.25, 0.3) is 5.91 Å². The lowest BCUT2D eigenvalue weighted by molar-refractivity contribution is 0.0985. The van der Waals surface area contributed by atoms with Crippen LogP contribution in [-0.4, -0.2) is 53.0 Å². The van der Waals surface area contributed by atoms with Gasteiger partial charge >= 0.3 is 0 Å². The number of aryl methyl sites for hydroxylation is 2. The van der Waals surface area contributed by atoms with Gasteiger partial charge in [-0.1, -0.05) is 24.2 Å². The maximum Gasteiger partial charge on any atom is 0.260 e. The summed E-state index contributed by atoms with van der Waals surface area (Å²) in [5.74, 6) is -1.96. The highest BCUT2D eigenvalue weighted by Crippen LogP contribution is 2.32. The summed E-state index contributed by atoms with van der Waals surface area (Å²) in [7, 11) is -3.67. The van der Waals surface area contributed by atoms with E-state index in [1.165, 1.54) is 39.5 Å². The van der Waals surface area contributed by atoms with Crippen LogP contribution in [0.5, 0.6) is 0 Å². The van der Waals surface area contributed by atoms with Gasteiger partial charge in [-0.05, 0) is 63.1 Å². The maximum atomic E-state index is 14.4. The Labute approximate surface area is 229 Å². The number of fused-ring (bicyclic) bond motifs is 1. The van der Waals surface area contributed by atoms with Crippen LogP contribution in [0.15, 0.2) is 47.4 Å². The van der Waals surface area contributed by atoms with E-state index in [2.05, 4.69) is 10.1 Å². The zero-order valence-corrected chi connectivity index (χ0v) is 23.4. The second kappa shape index (κ2) is 11.1. The molecule has 0 N–H and O–H groups in total. The number of thiazole rings is 1. The summed E-state index contributed by atoms with van der Waals surface area (Å²) in [4.78, 5) is 19.6. The highest BCUT2D eigenvalue weighted by atomic mass is 32.2. The number of sulfonamides is 1. The number of carbonyl (C=O) groups excluding carboxylic acids is 1. The molecular formula is C27H29F2N5O3S2. The Hall–Kier alpha value is -3.22. The van der Waals surface area contributed by atoms with Crippen LogP contribution in [0.2, 0.25) is 0 Å². The van der Waals surface area contributed by atoms with Gasteiger partial charge in [-0.3, -0.25) is 14.4 Å². The van der Waals surface area contributed by atoms with Gasteiger partial charge in [0, 0.05) is 37.0 Å². The lowest BCUT2D eigenvalue weighted by Gasteiger charge is -2.22. The van der Waals surface area contributed by atoms with E-state index in [-0.39, 0.29) is 32.4 Å². The molecule has 1 aliphatic rings. The third-order valence-corrected chi connectivity index (χ3v) is 9.76. The Morgan fingerprint density at radius 1 is 1.03 bits per heavy atom. The molecule has 39 heavy (non-hydrogen) atoms. The van der Waals surface area contributed by atoms with Crippen molar-refractivity contribution in [3.8, 4) is 0 Å². The van der Waals surface area contributed by atoms with E-state index in [1.807, 2.05) is 19.9 Å². The average molecular weight is 574 g/mol. The summed E-state index contributed by atoms with van der Waals surface area (Å²) in [5.41, 5.74) is 1.99. The number of hydrogen-bond donors (Lipinski definition) is 0. The minimum Gasteiger partial charge on any atom is -0.282 e. The van der Waals surface area contributed by atoms with Crippen molar-refractivity contribution in [1.29, 1.82) is 0 Å². The predicted molar refractivity (Wildman–Crippen MR) is 147 cm³/mol. The van der Waals surface area contributed by atoms with E-state index in [4.69, 9.17) is 0 Å². The maximum absolute atomic E-state index is 14.4. The third kappa shape index (κ3) is 5.73. The SMILES string of the molecule is Cc1cc(C)n(CCN(C(=O)c2ccc(S(=O)(=O)N3CCCCCC3)cc2)c2nc3c(F)cc(F)cc3s2)n1. The van der Waals surface area contributed by atoms with Crippen LogP contribution in [0, 0.1) is 25.5 Å². The Balaban J connectivity index is 1.45. The standard InChI is InChI=1S/C27H29F2N5O3S2/c1-18-15-19(2)34(31-18)14-13-33(27-30-25-23(29)16-21(28)17-24(25)38-27)26(35)20-7-9-22(10-8-20)39(36,37)32-11-5-3-4-6-12-32/h7-10,15-17H,3-6,11-14H2,1-2H3. The van der Waals surface area contributed by atoms with Gasteiger partial charge in [0.15, 0.2) is 10.9 Å². The summed E-state index contributed by atoms with van der Waals surface area (Å²) in [6.45, 7) is 5.26. The fourth-order valence-corrected chi connectivity index (χ4v) is 7.34. The van der Waals surface area contributed by atoms with Crippen molar-refractivity contribution in [2.75, 3.05) is 24.5 Å². The summed E-state index contributed by atoms with van der Waals surface area (Å²) in [6, 6.07) is 9.72. The van der Waals surface area contributed by atoms with Gasteiger partial charge in [0.2, 0.25) is 10.0 Å². The van der Waals surface area contributed by atoms with Crippen LogP contribution in [0.4, 0.5) is 13.9 Å². The smallest absolute Gasteiger partial charge is 0.260 e. The average Bonchev–Trinajstić information content (AvgIpc) is 3.33. The number of nitrogens with zero attached hydrogens (tertiary/aromatic N) is 5. The molecule has 0 saturated carbocycles. The molecule has 2 aromatic heterocycles. The van der Waals surface area contributed by atoms with Gasteiger partial charge in [0.05, 0.1) is 21.8 Å². The number of benzene rings is 2. The summed E-state index contributed by atoms with van der Waals surface area (Å²) >= 11 is 1.01. The molecule has 3 heterocycles. The van der Waals surface area contributed by atoms with E-state index < -0.39 is 27.6 Å². The molecule has 1 saturated heterocycles. The summed E-state index contributed by atoms with van der Waals surface area (Å²) < 4.78 is 58.2. The molecule has 5 rings (SSSR count). The first-order valence-electron chi connectivity index (χ1n) is 12.8. The molecule has 4 aromatic rings. The fraction of sp³-hybridized carbons (Fsp3) is 0.370. The molecule has 0 spiro atoms. The molecule has 0 aliphatic carbocycles. The number of aromatic nitrogens is 3. The molecule has 0 unspecified atom stereocenters. The van der Waals surface area contributed by atoms with E-state index in [0.29, 0.717) is 19.6 Å². The monoisotopic (exact) mass is 573 g/mol. The first kappa shape index (κ1) is 27.4. The number of amides is 1. The molecule has 2 aromatic carbocycles. The van der Waals surface area contributed by atoms with E-state index in [9.17, 15) is 22.0 Å². The van der Waals surface area contributed by atoms with E-state index >= 15 is 0 Å². The number of hydrogen-bond acceptors (Lipinski definition) is 6. The molecule has 12 heteroatoms. The van der Waals surface area contributed by atoms with Crippen LogP contribution in [0.1, 0.15) is 47.4 Å². The largest absolute Gasteiger partial charge is 0.282 e. The number of anilines is 1. The van der Waals surface area contributed by atoms with Crippen LogP contribution in [-0.2, 0) is 16.6 Å². The topological polar surface area (TPSA) is 88.4 Å². The number of rotatable bonds is 7. The highest BCUT2D eigenvalue weighted by Gasteiger charge is 2.27. The van der Waals surface area contributed by atoms with E-state index in [1.54, 1.807) is 4.68 Å². The van der Waals surface area contributed by atoms with E-state index in [0.717, 1.165) is 54.5 Å². The quantitative estimate of drug-likeness (QED) is 0.300. The minimum atomic E-state index is -3.67.